The summed E-state index contributed by atoms with van der Waals surface area (Å²) in [7, 11) is -1.85. The third-order valence-electron chi connectivity index (χ3n) is 7.67. The maximum atomic E-state index is 13.7. The number of ether oxygens (including phenoxy) is 1. The predicted molar refractivity (Wildman–Crippen MR) is 142 cm³/mol. The highest BCUT2D eigenvalue weighted by Gasteiger charge is 2.50. The van der Waals surface area contributed by atoms with Crippen LogP contribution >= 0.6 is 0 Å². The third-order valence-corrected chi connectivity index (χ3v) is 9.69. The summed E-state index contributed by atoms with van der Waals surface area (Å²) in [6.45, 7) is 4.43. The fourth-order valence-corrected chi connectivity index (χ4v) is 7.57. The zero-order valence-corrected chi connectivity index (χ0v) is 21.7. The molecule has 2 aliphatic rings. The highest BCUT2D eigenvalue weighted by molar-refractivity contribution is 7.89. The summed E-state index contributed by atoms with van der Waals surface area (Å²) < 4.78 is 34.7. The lowest BCUT2D eigenvalue weighted by atomic mass is 9.74. The lowest BCUT2D eigenvalue weighted by molar-refractivity contribution is -0.0635. The van der Waals surface area contributed by atoms with Crippen molar-refractivity contribution >= 4 is 10.0 Å². The lowest BCUT2D eigenvalue weighted by Crippen LogP contribution is -2.68. The molecule has 0 radical (unpaired) electrons. The standard InChI is InChI=1S/C29H34N2O4S/c1-21-8-3-4-11-28(21)36(33,34)30-16-5-6-17-31-26(19-30)29(27(31)20-35-2)23-14-12-22(13-15-23)24-9-7-10-25(32)18-24/h3-4,7-15,18,26-27,29,32H,5-6,16-17,19-20H2,1-2H3. The molecule has 2 aliphatic heterocycles. The number of methoxy groups -OCH3 is 1. The number of sulfonamides is 1. The molecule has 3 atom stereocenters. The molecule has 0 aromatic heterocycles. The highest BCUT2D eigenvalue weighted by Crippen LogP contribution is 2.43. The molecular formula is C29H34N2O4S. The monoisotopic (exact) mass is 506 g/mol. The van der Waals surface area contributed by atoms with Crippen LogP contribution < -0.4 is 0 Å². The Morgan fingerprint density at radius 3 is 2.42 bits per heavy atom. The van der Waals surface area contributed by atoms with E-state index in [4.69, 9.17) is 4.74 Å². The van der Waals surface area contributed by atoms with Crippen molar-refractivity contribution in [3.8, 4) is 16.9 Å². The van der Waals surface area contributed by atoms with E-state index in [1.807, 2.05) is 31.2 Å². The maximum Gasteiger partial charge on any atom is 0.243 e. The minimum Gasteiger partial charge on any atom is -0.508 e. The van der Waals surface area contributed by atoms with Crippen molar-refractivity contribution < 1.29 is 18.3 Å². The van der Waals surface area contributed by atoms with E-state index in [0.29, 0.717) is 24.6 Å². The molecule has 2 fully saturated rings. The molecule has 5 rings (SSSR count). The van der Waals surface area contributed by atoms with Gasteiger partial charge < -0.3 is 9.84 Å². The van der Waals surface area contributed by atoms with Crippen molar-refractivity contribution in [3.63, 3.8) is 0 Å². The molecule has 3 aromatic rings. The summed E-state index contributed by atoms with van der Waals surface area (Å²) in [6.07, 6.45) is 1.80. The molecule has 2 heterocycles. The molecular weight excluding hydrogens is 472 g/mol. The molecule has 7 heteroatoms. The molecule has 0 spiro atoms. The summed E-state index contributed by atoms with van der Waals surface area (Å²) in [5.41, 5.74) is 3.97. The second-order valence-corrected chi connectivity index (χ2v) is 11.8. The van der Waals surface area contributed by atoms with Crippen molar-refractivity contribution in [1.29, 1.82) is 0 Å². The number of phenolic OH excluding ortho intramolecular Hbond substituents is 1. The Balaban J connectivity index is 1.45. The van der Waals surface area contributed by atoms with Crippen molar-refractivity contribution in [1.82, 2.24) is 9.21 Å². The Morgan fingerprint density at radius 1 is 0.944 bits per heavy atom. The summed E-state index contributed by atoms with van der Waals surface area (Å²) in [6, 6.07) is 23.3. The Bertz CT molecular complexity index is 1310. The molecule has 0 amide bonds. The topological polar surface area (TPSA) is 70.1 Å². The van der Waals surface area contributed by atoms with E-state index < -0.39 is 10.0 Å². The van der Waals surface area contributed by atoms with Gasteiger partial charge in [0.05, 0.1) is 11.5 Å². The van der Waals surface area contributed by atoms with Crippen LogP contribution in [0, 0.1) is 6.92 Å². The molecule has 0 bridgehead atoms. The first kappa shape index (κ1) is 25.0. The van der Waals surface area contributed by atoms with Gasteiger partial charge in [-0.2, -0.15) is 4.31 Å². The summed E-state index contributed by atoms with van der Waals surface area (Å²) in [4.78, 5) is 2.84. The largest absolute Gasteiger partial charge is 0.508 e. The van der Waals surface area contributed by atoms with Crippen LogP contribution in [-0.2, 0) is 14.8 Å². The molecule has 36 heavy (non-hydrogen) atoms. The van der Waals surface area contributed by atoms with Crippen LogP contribution in [0.3, 0.4) is 0 Å². The number of phenols is 1. The van der Waals surface area contributed by atoms with Gasteiger partial charge in [0.2, 0.25) is 10.0 Å². The number of nitrogens with zero attached hydrogens (tertiary/aromatic N) is 2. The van der Waals surface area contributed by atoms with E-state index in [-0.39, 0.29) is 23.8 Å². The van der Waals surface area contributed by atoms with Crippen LogP contribution in [0.1, 0.15) is 29.9 Å². The minimum absolute atomic E-state index is 0.0934. The van der Waals surface area contributed by atoms with Crippen LogP contribution in [0.5, 0.6) is 5.75 Å². The Labute approximate surface area is 214 Å². The van der Waals surface area contributed by atoms with Crippen molar-refractivity contribution in [2.24, 2.45) is 0 Å². The van der Waals surface area contributed by atoms with Gasteiger partial charge in [0.15, 0.2) is 0 Å². The van der Waals surface area contributed by atoms with Crippen LogP contribution in [0.25, 0.3) is 11.1 Å². The van der Waals surface area contributed by atoms with Gasteiger partial charge >= 0.3 is 0 Å². The van der Waals surface area contributed by atoms with E-state index in [1.54, 1.807) is 35.7 Å². The molecule has 0 aliphatic carbocycles. The number of aryl methyl sites for hydroxylation is 1. The summed E-state index contributed by atoms with van der Waals surface area (Å²) >= 11 is 0. The fraction of sp³-hybridized carbons (Fsp3) is 0.379. The van der Waals surface area contributed by atoms with Gasteiger partial charge in [-0.05, 0) is 66.8 Å². The fourth-order valence-electron chi connectivity index (χ4n) is 5.85. The van der Waals surface area contributed by atoms with E-state index in [0.717, 1.165) is 36.1 Å². The highest BCUT2D eigenvalue weighted by atomic mass is 32.2. The third kappa shape index (κ3) is 4.68. The second kappa shape index (κ2) is 10.3. The summed E-state index contributed by atoms with van der Waals surface area (Å²) in [5, 5.41) is 9.85. The smallest absolute Gasteiger partial charge is 0.243 e. The van der Waals surface area contributed by atoms with E-state index in [2.05, 4.69) is 29.2 Å². The van der Waals surface area contributed by atoms with Crippen LogP contribution in [0.4, 0.5) is 0 Å². The average Bonchev–Trinajstić information content (AvgIpc) is 2.85. The van der Waals surface area contributed by atoms with E-state index >= 15 is 0 Å². The summed E-state index contributed by atoms with van der Waals surface area (Å²) in [5.74, 6) is 0.423. The van der Waals surface area contributed by atoms with Crippen molar-refractivity contribution in [2.45, 2.75) is 42.7 Å². The second-order valence-electron chi connectivity index (χ2n) is 9.86. The number of fused-ring (bicyclic) bond motifs is 1. The Morgan fingerprint density at radius 2 is 1.69 bits per heavy atom. The van der Waals surface area contributed by atoms with E-state index in [9.17, 15) is 13.5 Å². The van der Waals surface area contributed by atoms with E-state index in [1.165, 1.54) is 5.56 Å². The van der Waals surface area contributed by atoms with Gasteiger partial charge in [-0.3, -0.25) is 4.90 Å². The molecule has 3 aromatic carbocycles. The van der Waals surface area contributed by atoms with Gasteiger partial charge in [-0.25, -0.2) is 8.42 Å². The average molecular weight is 507 g/mol. The normalized spacial score (nSPS) is 23.3. The zero-order valence-electron chi connectivity index (χ0n) is 20.9. The first-order valence-corrected chi connectivity index (χ1v) is 14.0. The Hall–Kier alpha value is -2.71. The maximum absolute atomic E-state index is 13.7. The van der Waals surface area contributed by atoms with Gasteiger partial charge in [-0.1, -0.05) is 54.6 Å². The van der Waals surface area contributed by atoms with Gasteiger partial charge in [0, 0.05) is 38.2 Å². The minimum atomic E-state index is -3.59. The first-order valence-electron chi connectivity index (χ1n) is 12.6. The Kier molecular flexibility index (Phi) is 7.17. The molecule has 0 saturated carbocycles. The van der Waals surface area contributed by atoms with Crippen molar-refractivity contribution in [2.75, 3.05) is 33.4 Å². The zero-order chi connectivity index (χ0) is 25.3. The van der Waals surface area contributed by atoms with Gasteiger partial charge in [-0.15, -0.1) is 0 Å². The van der Waals surface area contributed by atoms with Crippen LogP contribution in [-0.4, -0.2) is 68.2 Å². The number of aromatic hydroxyl groups is 1. The van der Waals surface area contributed by atoms with Gasteiger partial charge in [0.25, 0.3) is 0 Å². The SMILES string of the molecule is COCC1C(c2ccc(-c3cccc(O)c3)cc2)C2CN(S(=O)(=O)c3ccccc3C)CCCCN12. The molecule has 1 N–H and O–H groups in total. The number of hydrogen-bond donors (Lipinski definition) is 1. The molecule has 190 valence electrons. The number of benzene rings is 3. The molecule has 3 unspecified atom stereocenters. The number of hydrogen-bond acceptors (Lipinski definition) is 5. The predicted octanol–water partition coefficient (Wildman–Crippen LogP) is 4.64. The molecule has 2 saturated heterocycles. The lowest BCUT2D eigenvalue weighted by Gasteiger charge is -2.57. The van der Waals surface area contributed by atoms with Crippen LogP contribution in [0.15, 0.2) is 77.7 Å². The van der Waals surface area contributed by atoms with Gasteiger partial charge in [0.1, 0.15) is 5.75 Å². The van der Waals surface area contributed by atoms with Crippen LogP contribution in [0.2, 0.25) is 0 Å². The first-order chi connectivity index (χ1) is 17.4. The number of rotatable bonds is 6. The quantitative estimate of drug-likeness (QED) is 0.528. The molecule has 6 nitrogen and oxygen atoms in total. The van der Waals surface area contributed by atoms with Crippen molar-refractivity contribution in [3.05, 3.63) is 83.9 Å².